The van der Waals surface area contributed by atoms with Gasteiger partial charge in [0.2, 0.25) is 0 Å². The van der Waals surface area contributed by atoms with Crippen LogP contribution in [0.1, 0.15) is 33.6 Å². The van der Waals surface area contributed by atoms with E-state index in [9.17, 15) is 0 Å². The van der Waals surface area contributed by atoms with E-state index in [1.165, 1.54) is 0 Å². The van der Waals surface area contributed by atoms with Crippen molar-refractivity contribution < 1.29 is 18.3 Å². The first-order valence-corrected chi connectivity index (χ1v) is 9.58. The summed E-state index contributed by atoms with van der Waals surface area (Å²) in [6.07, 6.45) is 2.31. The topological polar surface area (TPSA) is 36.9 Å². The summed E-state index contributed by atoms with van der Waals surface area (Å²) in [5.41, 5.74) is 0.171. The van der Waals surface area contributed by atoms with Crippen molar-refractivity contribution in [2.24, 2.45) is 5.41 Å². The van der Waals surface area contributed by atoms with Gasteiger partial charge in [0.1, 0.15) is 0 Å². The fourth-order valence-electron chi connectivity index (χ4n) is 2.61. The Labute approximate surface area is 119 Å². The molecule has 0 radical (unpaired) electrons. The zero-order chi connectivity index (χ0) is 14.4. The minimum absolute atomic E-state index is 0.171. The minimum atomic E-state index is -2.01. The average molecular weight is 290 g/mol. The Balaban J connectivity index is 2.56. The van der Waals surface area contributed by atoms with Gasteiger partial charge in [-0.3, -0.25) is 0 Å². The zero-order valence-electron chi connectivity index (χ0n) is 13.2. The quantitative estimate of drug-likeness (QED) is 0.580. The first kappa shape index (κ1) is 17.1. The highest BCUT2D eigenvalue weighted by Gasteiger charge is 2.44. The number of ether oxygens (including phenoxy) is 2. The van der Waals surface area contributed by atoms with Crippen molar-refractivity contribution in [1.82, 2.24) is 0 Å². The third-order valence-electron chi connectivity index (χ3n) is 4.23. The maximum atomic E-state index is 6.06. The average Bonchev–Trinajstić information content (AvgIpc) is 2.41. The summed E-state index contributed by atoms with van der Waals surface area (Å²) in [6, 6.07) is 1.97. The molecule has 4 nitrogen and oxygen atoms in total. The van der Waals surface area contributed by atoms with E-state index < -0.39 is 8.56 Å². The molecule has 0 bridgehead atoms. The molecule has 0 saturated carbocycles. The molecule has 1 fully saturated rings. The Kier molecular flexibility index (Phi) is 6.97. The summed E-state index contributed by atoms with van der Waals surface area (Å²) >= 11 is 0. The zero-order valence-corrected chi connectivity index (χ0v) is 14.2. The van der Waals surface area contributed by atoms with Crippen LogP contribution in [0.15, 0.2) is 0 Å². The van der Waals surface area contributed by atoms with Gasteiger partial charge in [-0.2, -0.15) is 0 Å². The number of rotatable bonds is 10. The smallest absolute Gasteiger partial charge is 0.337 e. The lowest BCUT2D eigenvalue weighted by Crippen LogP contribution is -2.51. The van der Waals surface area contributed by atoms with Crippen LogP contribution in [0.3, 0.4) is 0 Å². The van der Waals surface area contributed by atoms with Crippen LogP contribution in [0.4, 0.5) is 0 Å². The van der Waals surface area contributed by atoms with Crippen LogP contribution in [-0.2, 0) is 18.3 Å². The van der Waals surface area contributed by atoms with Crippen molar-refractivity contribution >= 4 is 8.56 Å². The van der Waals surface area contributed by atoms with Crippen LogP contribution in [0, 0.1) is 5.41 Å². The summed E-state index contributed by atoms with van der Waals surface area (Å²) in [6.45, 7) is 8.98. The molecule has 0 aromatic carbocycles. The first-order valence-electron chi connectivity index (χ1n) is 7.35. The van der Waals surface area contributed by atoms with Gasteiger partial charge in [0.15, 0.2) is 0 Å². The van der Waals surface area contributed by atoms with Crippen molar-refractivity contribution in [2.45, 2.75) is 51.8 Å². The van der Waals surface area contributed by atoms with E-state index in [4.69, 9.17) is 18.3 Å². The lowest BCUT2D eigenvalue weighted by Gasteiger charge is -2.44. The lowest BCUT2D eigenvalue weighted by molar-refractivity contribution is -0.178. The third-order valence-corrected chi connectivity index (χ3v) is 7.85. The molecule has 1 unspecified atom stereocenters. The molecule has 1 aliphatic heterocycles. The second kappa shape index (κ2) is 7.74. The molecule has 114 valence electrons. The predicted octanol–water partition coefficient (Wildman–Crippen LogP) is 2.96. The van der Waals surface area contributed by atoms with Crippen molar-refractivity contribution in [1.29, 1.82) is 0 Å². The van der Waals surface area contributed by atoms with Gasteiger partial charge in [0.05, 0.1) is 19.3 Å². The Morgan fingerprint density at radius 3 is 2.21 bits per heavy atom. The van der Waals surface area contributed by atoms with Crippen LogP contribution in [0.2, 0.25) is 12.1 Å². The first-order chi connectivity index (χ1) is 9.05. The largest absolute Gasteiger partial charge is 0.398 e. The van der Waals surface area contributed by atoms with Crippen LogP contribution in [0.5, 0.6) is 0 Å². The molecule has 0 aliphatic carbocycles. The van der Waals surface area contributed by atoms with Gasteiger partial charge in [0.25, 0.3) is 0 Å². The van der Waals surface area contributed by atoms with E-state index in [-0.39, 0.29) is 11.5 Å². The SMILES string of the molecule is CCCOC(CC[Si](CC)(OC)OC)C1(C)COC1. The van der Waals surface area contributed by atoms with E-state index >= 15 is 0 Å². The molecule has 0 aromatic rings. The molecule has 19 heavy (non-hydrogen) atoms. The van der Waals surface area contributed by atoms with Gasteiger partial charge < -0.3 is 18.3 Å². The van der Waals surface area contributed by atoms with Crippen LogP contribution in [0.25, 0.3) is 0 Å². The highest BCUT2D eigenvalue weighted by Crippen LogP contribution is 2.36. The fraction of sp³-hybridized carbons (Fsp3) is 1.00. The predicted molar refractivity (Wildman–Crippen MR) is 78.6 cm³/mol. The Morgan fingerprint density at radius 1 is 1.21 bits per heavy atom. The van der Waals surface area contributed by atoms with E-state index in [0.29, 0.717) is 0 Å². The Bertz CT molecular complexity index is 244. The van der Waals surface area contributed by atoms with Crippen molar-refractivity contribution in [3.8, 4) is 0 Å². The fourth-order valence-corrected chi connectivity index (χ4v) is 4.81. The molecule has 0 aromatic heterocycles. The molecule has 0 spiro atoms. The summed E-state index contributed by atoms with van der Waals surface area (Å²) in [5.74, 6) is 0. The standard InChI is InChI=1S/C14H30O4Si/c1-6-9-18-13(14(3)11-17-12-14)8-10-19(7-2,15-4)16-5/h13H,6-12H2,1-5H3. The second-order valence-electron chi connectivity index (χ2n) is 5.72. The van der Waals surface area contributed by atoms with Crippen molar-refractivity contribution in [3.63, 3.8) is 0 Å². The molecule has 1 atom stereocenters. The molecular formula is C14H30O4Si. The van der Waals surface area contributed by atoms with Crippen LogP contribution in [-0.4, -0.2) is 48.7 Å². The van der Waals surface area contributed by atoms with Crippen LogP contribution < -0.4 is 0 Å². The summed E-state index contributed by atoms with van der Waals surface area (Å²) in [5, 5.41) is 0. The van der Waals surface area contributed by atoms with Crippen molar-refractivity contribution in [2.75, 3.05) is 34.0 Å². The molecule has 1 heterocycles. The van der Waals surface area contributed by atoms with Gasteiger partial charge in [-0.25, -0.2) is 0 Å². The molecule has 5 heteroatoms. The molecule has 0 amide bonds. The van der Waals surface area contributed by atoms with E-state index in [0.717, 1.165) is 44.8 Å². The van der Waals surface area contributed by atoms with E-state index in [1.54, 1.807) is 14.2 Å². The van der Waals surface area contributed by atoms with Crippen LogP contribution >= 0.6 is 0 Å². The second-order valence-corrected chi connectivity index (χ2v) is 9.56. The Hall–Kier alpha value is 0.0569. The normalized spacial score (nSPS) is 20.1. The summed E-state index contributed by atoms with van der Waals surface area (Å²) < 4.78 is 22.8. The van der Waals surface area contributed by atoms with Gasteiger partial charge in [-0.1, -0.05) is 20.8 Å². The molecular weight excluding hydrogens is 260 g/mol. The maximum Gasteiger partial charge on any atom is 0.337 e. The monoisotopic (exact) mass is 290 g/mol. The Morgan fingerprint density at radius 2 is 1.84 bits per heavy atom. The van der Waals surface area contributed by atoms with E-state index in [2.05, 4.69) is 20.8 Å². The summed E-state index contributed by atoms with van der Waals surface area (Å²) in [4.78, 5) is 0. The van der Waals surface area contributed by atoms with Gasteiger partial charge >= 0.3 is 8.56 Å². The van der Waals surface area contributed by atoms with Gasteiger partial charge in [0, 0.05) is 26.2 Å². The maximum absolute atomic E-state index is 6.06. The van der Waals surface area contributed by atoms with Crippen molar-refractivity contribution in [3.05, 3.63) is 0 Å². The van der Waals surface area contributed by atoms with Gasteiger partial charge in [-0.15, -0.1) is 0 Å². The highest BCUT2D eigenvalue weighted by molar-refractivity contribution is 6.67. The molecule has 1 saturated heterocycles. The molecule has 1 rings (SSSR count). The third kappa shape index (κ3) is 4.26. The number of hydrogen-bond donors (Lipinski definition) is 0. The molecule has 0 N–H and O–H groups in total. The summed E-state index contributed by atoms with van der Waals surface area (Å²) in [7, 11) is 1.54. The van der Waals surface area contributed by atoms with E-state index in [1.807, 2.05) is 0 Å². The highest BCUT2D eigenvalue weighted by atomic mass is 28.4. The molecule has 1 aliphatic rings. The van der Waals surface area contributed by atoms with Gasteiger partial charge in [-0.05, 0) is 24.9 Å². The lowest BCUT2D eigenvalue weighted by atomic mass is 9.81. The minimum Gasteiger partial charge on any atom is -0.398 e. The number of hydrogen-bond acceptors (Lipinski definition) is 4.